The molecule has 102 valence electrons. The Kier molecular flexibility index (Phi) is 2.72. The summed E-state index contributed by atoms with van der Waals surface area (Å²) in [5.74, 6) is 0. The van der Waals surface area contributed by atoms with Crippen molar-refractivity contribution in [2.24, 2.45) is 0 Å². The molecule has 2 heterocycles. The Labute approximate surface area is 125 Å². The number of hydrogen-bond acceptors (Lipinski definition) is 3. The molecule has 0 aliphatic carbocycles. The van der Waals surface area contributed by atoms with Crippen molar-refractivity contribution in [1.82, 2.24) is 25.0 Å². The Morgan fingerprint density at radius 1 is 1.05 bits per heavy atom. The van der Waals surface area contributed by atoms with E-state index in [0.717, 1.165) is 22.2 Å². The number of fused-ring (bicyclic) bond motifs is 1. The molecule has 0 amide bonds. The second kappa shape index (κ2) is 4.71. The number of halogens is 1. The van der Waals surface area contributed by atoms with Crippen molar-refractivity contribution in [3.8, 4) is 17.1 Å². The molecule has 0 spiro atoms. The van der Waals surface area contributed by atoms with Gasteiger partial charge in [0.2, 0.25) is 0 Å². The highest BCUT2D eigenvalue weighted by Crippen LogP contribution is 2.30. The molecule has 0 bridgehead atoms. The van der Waals surface area contributed by atoms with Crippen LogP contribution >= 0.6 is 11.6 Å². The van der Waals surface area contributed by atoms with Gasteiger partial charge in [0.1, 0.15) is 17.7 Å². The van der Waals surface area contributed by atoms with Gasteiger partial charge in [-0.25, -0.2) is 4.98 Å². The molecule has 5 nitrogen and oxygen atoms in total. The van der Waals surface area contributed by atoms with E-state index in [1.165, 1.54) is 0 Å². The summed E-state index contributed by atoms with van der Waals surface area (Å²) in [7, 11) is 0. The molecule has 6 heteroatoms. The van der Waals surface area contributed by atoms with E-state index in [4.69, 9.17) is 11.6 Å². The second-order valence-corrected chi connectivity index (χ2v) is 4.97. The number of hydrogen-bond donors (Lipinski definition) is 1. The summed E-state index contributed by atoms with van der Waals surface area (Å²) < 4.78 is 1.93. The predicted molar refractivity (Wildman–Crippen MR) is 81.5 cm³/mol. The highest BCUT2D eigenvalue weighted by atomic mass is 35.5. The zero-order valence-electron chi connectivity index (χ0n) is 10.9. The first kappa shape index (κ1) is 12.1. The molecule has 0 atom stereocenters. The molecule has 2 aromatic carbocycles. The maximum absolute atomic E-state index is 6.22. The minimum absolute atomic E-state index is 0.400. The first-order chi connectivity index (χ1) is 10.3. The summed E-state index contributed by atoms with van der Waals surface area (Å²) in [6.07, 6.45) is 3.33. The summed E-state index contributed by atoms with van der Waals surface area (Å²) in [6, 6.07) is 14.3. The van der Waals surface area contributed by atoms with Gasteiger partial charge in [-0.2, -0.15) is 15.4 Å². The molecule has 0 fully saturated rings. The van der Waals surface area contributed by atoms with E-state index in [1.54, 1.807) is 12.5 Å². The SMILES string of the molecule is Clc1ncn(-c2cccc3ccccc23)c1-c1cn[nH]n1. The highest BCUT2D eigenvalue weighted by Gasteiger charge is 2.16. The largest absolute Gasteiger partial charge is 0.295 e. The Hall–Kier alpha value is -2.66. The van der Waals surface area contributed by atoms with Crippen molar-refractivity contribution in [1.29, 1.82) is 0 Å². The van der Waals surface area contributed by atoms with Crippen molar-refractivity contribution >= 4 is 22.4 Å². The summed E-state index contributed by atoms with van der Waals surface area (Å²) in [4.78, 5) is 4.20. The molecular weight excluding hydrogens is 286 g/mol. The number of benzene rings is 2. The van der Waals surface area contributed by atoms with Crippen LogP contribution in [0.15, 0.2) is 55.0 Å². The molecular formula is C15H10ClN5. The fourth-order valence-corrected chi connectivity index (χ4v) is 2.70. The van der Waals surface area contributed by atoms with E-state index in [2.05, 4.69) is 38.6 Å². The number of H-pyrrole nitrogens is 1. The molecule has 0 aliphatic heterocycles. The van der Waals surface area contributed by atoms with Crippen molar-refractivity contribution < 1.29 is 0 Å². The lowest BCUT2D eigenvalue weighted by molar-refractivity contribution is 0.938. The van der Waals surface area contributed by atoms with Crippen LogP contribution < -0.4 is 0 Å². The minimum atomic E-state index is 0.400. The maximum Gasteiger partial charge on any atom is 0.157 e. The van der Waals surface area contributed by atoms with Gasteiger partial charge in [-0.3, -0.25) is 4.57 Å². The van der Waals surface area contributed by atoms with Gasteiger partial charge >= 0.3 is 0 Å². The molecule has 0 aliphatic rings. The van der Waals surface area contributed by atoms with Gasteiger partial charge in [0.15, 0.2) is 5.15 Å². The van der Waals surface area contributed by atoms with Crippen molar-refractivity contribution in [2.45, 2.75) is 0 Å². The lowest BCUT2D eigenvalue weighted by atomic mass is 10.1. The zero-order valence-corrected chi connectivity index (χ0v) is 11.6. The lowest BCUT2D eigenvalue weighted by Crippen LogP contribution is -1.97. The summed E-state index contributed by atoms with van der Waals surface area (Å²) in [6.45, 7) is 0. The second-order valence-electron chi connectivity index (χ2n) is 4.61. The van der Waals surface area contributed by atoms with Crippen LogP contribution in [0, 0.1) is 0 Å². The lowest BCUT2D eigenvalue weighted by Gasteiger charge is -2.10. The molecule has 4 rings (SSSR count). The van der Waals surface area contributed by atoms with Crippen molar-refractivity contribution in [2.75, 3.05) is 0 Å². The molecule has 0 saturated heterocycles. The van der Waals surface area contributed by atoms with Crippen LogP contribution in [-0.4, -0.2) is 25.0 Å². The smallest absolute Gasteiger partial charge is 0.157 e. The highest BCUT2D eigenvalue weighted by molar-refractivity contribution is 6.31. The molecule has 0 unspecified atom stereocenters. The third-order valence-electron chi connectivity index (χ3n) is 3.41. The first-order valence-electron chi connectivity index (χ1n) is 6.42. The van der Waals surface area contributed by atoms with Crippen molar-refractivity contribution in [3.63, 3.8) is 0 Å². The number of aromatic amines is 1. The van der Waals surface area contributed by atoms with Gasteiger partial charge in [0.05, 0.1) is 11.9 Å². The van der Waals surface area contributed by atoms with E-state index < -0.39 is 0 Å². The Morgan fingerprint density at radius 2 is 1.90 bits per heavy atom. The first-order valence-corrected chi connectivity index (χ1v) is 6.79. The maximum atomic E-state index is 6.22. The normalized spacial score (nSPS) is 11.1. The van der Waals surface area contributed by atoms with Crippen molar-refractivity contribution in [3.05, 3.63) is 60.1 Å². The molecule has 4 aromatic rings. The van der Waals surface area contributed by atoms with E-state index in [0.29, 0.717) is 10.8 Å². The quantitative estimate of drug-likeness (QED) is 0.616. The van der Waals surface area contributed by atoms with E-state index in [-0.39, 0.29) is 0 Å². The molecule has 0 radical (unpaired) electrons. The van der Waals surface area contributed by atoms with Gasteiger partial charge in [-0.05, 0) is 11.5 Å². The Balaban J connectivity index is 2.03. The standard InChI is InChI=1S/C15H10ClN5/c16-15-14(12-8-18-20-19-12)21(9-17-15)13-7-3-5-10-4-1-2-6-11(10)13/h1-9H,(H,18,19,20). The summed E-state index contributed by atoms with van der Waals surface area (Å²) >= 11 is 6.22. The van der Waals surface area contributed by atoms with Crippen LogP contribution in [0.4, 0.5) is 0 Å². The van der Waals surface area contributed by atoms with Gasteiger partial charge < -0.3 is 0 Å². The molecule has 1 N–H and O–H groups in total. The van der Waals surface area contributed by atoms with E-state index >= 15 is 0 Å². The fraction of sp³-hybridized carbons (Fsp3) is 0. The zero-order chi connectivity index (χ0) is 14.2. The van der Waals surface area contributed by atoms with E-state index in [1.807, 2.05) is 28.8 Å². The Morgan fingerprint density at radius 3 is 2.76 bits per heavy atom. The van der Waals surface area contributed by atoms with Crippen LogP contribution in [0.3, 0.4) is 0 Å². The molecule has 2 aromatic heterocycles. The van der Waals surface area contributed by atoms with Crippen LogP contribution in [0.2, 0.25) is 5.15 Å². The van der Waals surface area contributed by atoms with E-state index in [9.17, 15) is 0 Å². The average Bonchev–Trinajstić information content (AvgIpc) is 3.16. The molecule has 21 heavy (non-hydrogen) atoms. The van der Waals surface area contributed by atoms with Gasteiger partial charge in [0, 0.05) is 5.39 Å². The number of aromatic nitrogens is 5. The summed E-state index contributed by atoms with van der Waals surface area (Å²) in [5.41, 5.74) is 2.39. The average molecular weight is 296 g/mol. The van der Waals surface area contributed by atoms with Gasteiger partial charge in [-0.15, -0.1) is 0 Å². The third kappa shape index (κ3) is 1.90. The minimum Gasteiger partial charge on any atom is -0.295 e. The monoisotopic (exact) mass is 295 g/mol. The third-order valence-corrected chi connectivity index (χ3v) is 3.68. The number of nitrogens with zero attached hydrogens (tertiary/aromatic N) is 4. The van der Waals surface area contributed by atoms with Gasteiger partial charge in [-0.1, -0.05) is 48.0 Å². The topological polar surface area (TPSA) is 59.4 Å². The number of imidazole rings is 1. The van der Waals surface area contributed by atoms with Crippen LogP contribution in [0.1, 0.15) is 0 Å². The molecule has 0 saturated carbocycles. The number of nitrogens with one attached hydrogen (secondary N) is 1. The summed E-state index contributed by atoms with van der Waals surface area (Å²) in [5, 5.41) is 13.2. The van der Waals surface area contributed by atoms with Crippen LogP contribution in [0.25, 0.3) is 27.8 Å². The fourth-order valence-electron chi connectivity index (χ4n) is 2.47. The van der Waals surface area contributed by atoms with Gasteiger partial charge in [0.25, 0.3) is 0 Å². The number of rotatable bonds is 2. The van der Waals surface area contributed by atoms with Crippen LogP contribution in [-0.2, 0) is 0 Å². The Bertz CT molecular complexity index is 906. The van der Waals surface area contributed by atoms with Crippen LogP contribution in [0.5, 0.6) is 0 Å². The predicted octanol–water partition coefficient (Wildman–Crippen LogP) is 3.46.